The molecule has 2 heterocycles. The van der Waals surface area contributed by atoms with E-state index in [0.717, 1.165) is 0 Å². The normalized spacial score (nSPS) is 15.1. The molecule has 22 heavy (non-hydrogen) atoms. The molecule has 1 aromatic rings. The second-order valence-electron chi connectivity index (χ2n) is 5.32. The van der Waals surface area contributed by atoms with Gasteiger partial charge in [0.05, 0.1) is 0 Å². The first-order valence-corrected chi connectivity index (χ1v) is 7.82. The van der Waals surface area contributed by atoms with Crippen molar-refractivity contribution in [2.75, 3.05) is 26.2 Å². The summed E-state index contributed by atoms with van der Waals surface area (Å²) >= 11 is 3.15. The number of nitrogens with one attached hydrogen (secondary N) is 1. The third kappa shape index (κ3) is 3.88. The zero-order valence-corrected chi connectivity index (χ0v) is 14.1. The summed E-state index contributed by atoms with van der Waals surface area (Å²) in [4.78, 5) is 38.9. The van der Waals surface area contributed by atoms with Gasteiger partial charge in [0.25, 0.3) is 5.91 Å². The predicted molar refractivity (Wildman–Crippen MR) is 82.2 cm³/mol. The molecule has 8 heteroatoms. The van der Waals surface area contributed by atoms with Gasteiger partial charge in [-0.2, -0.15) is 0 Å². The highest BCUT2D eigenvalue weighted by molar-refractivity contribution is 9.10. The summed E-state index contributed by atoms with van der Waals surface area (Å²) < 4.78 is 5.73. The smallest absolute Gasteiger partial charge is 0.312 e. The van der Waals surface area contributed by atoms with Crippen molar-refractivity contribution in [2.45, 2.75) is 19.9 Å². The van der Waals surface area contributed by atoms with Gasteiger partial charge in [-0.1, -0.05) is 0 Å². The molecule has 0 bridgehead atoms. The van der Waals surface area contributed by atoms with Crippen LogP contribution in [0.3, 0.4) is 0 Å². The van der Waals surface area contributed by atoms with Gasteiger partial charge in [0, 0.05) is 32.2 Å². The summed E-state index contributed by atoms with van der Waals surface area (Å²) in [5, 5.41) is 2.57. The van der Waals surface area contributed by atoms with Gasteiger partial charge >= 0.3 is 11.8 Å². The van der Waals surface area contributed by atoms with Crippen LogP contribution >= 0.6 is 15.9 Å². The van der Waals surface area contributed by atoms with Crippen LogP contribution in [-0.4, -0.2) is 59.7 Å². The SMILES string of the molecule is CC(C)NC(=O)C(=O)N1CCN(C(=O)c2ccc(Br)o2)CC1. The third-order valence-corrected chi connectivity index (χ3v) is 3.68. The maximum Gasteiger partial charge on any atom is 0.312 e. The molecular formula is C14H18BrN3O4. The van der Waals surface area contributed by atoms with Crippen LogP contribution in [0, 0.1) is 0 Å². The largest absolute Gasteiger partial charge is 0.444 e. The number of carbonyl (C=O) groups excluding carboxylic acids is 3. The molecule has 1 fully saturated rings. The molecule has 1 saturated heterocycles. The minimum atomic E-state index is -0.607. The van der Waals surface area contributed by atoms with Crippen LogP contribution in [-0.2, 0) is 9.59 Å². The Hall–Kier alpha value is -1.83. The number of hydrogen-bond donors (Lipinski definition) is 1. The van der Waals surface area contributed by atoms with E-state index in [0.29, 0.717) is 30.8 Å². The molecule has 0 unspecified atom stereocenters. The topological polar surface area (TPSA) is 82.9 Å². The van der Waals surface area contributed by atoms with E-state index in [-0.39, 0.29) is 17.7 Å². The average molecular weight is 372 g/mol. The molecule has 1 aliphatic rings. The van der Waals surface area contributed by atoms with Gasteiger partial charge in [0.15, 0.2) is 10.4 Å². The van der Waals surface area contributed by atoms with Crippen LogP contribution in [0.1, 0.15) is 24.4 Å². The van der Waals surface area contributed by atoms with E-state index in [9.17, 15) is 14.4 Å². The molecule has 0 spiro atoms. The molecule has 0 aromatic carbocycles. The zero-order valence-electron chi connectivity index (χ0n) is 12.5. The van der Waals surface area contributed by atoms with Crippen molar-refractivity contribution in [3.05, 3.63) is 22.6 Å². The summed E-state index contributed by atoms with van der Waals surface area (Å²) in [6, 6.07) is 3.17. The second-order valence-corrected chi connectivity index (χ2v) is 6.10. The van der Waals surface area contributed by atoms with E-state index in [4.69, 9.17) is 4.42 Å². The summed E-state index contributed by atoms with van der Waals surface area (Å²) in [6.07, 6.45) is 0. The fraction of sp³-hybridized carbons (Fsp3) is 0.500. The monoisotopic (exact) mass is 371 g/mol. The van der Waals surface area contributed by atoms with Crippen molar-refractivity contribution in [1.29, 1.82) is 0 Å². The first kappa shape index (κ1) is 16.5. The Morgan fingerprint density at radius 2 is 1.73 bits per heavy atom. The fourth-order valence-corrected chi connectivity index (χ4v) is 2.47. The van der Waals surface area contributed by atoms with Crippen molar-refractivity contribution in [1.82, 2.24) is 15.1 Å². The highest BCUT2D eigenvalue weighted by Gasteiger charge is 2.29. The van der Waals surface area contributed by atoms with Gasteiger partial charge in [-0.3, -0.25) is 14.4 Å². The van der Waals surface area contributed by atoms with Gasteiger partial charge < -0.3 is 19.5 Å². The summed E-state index contributed by atoms with van der Waals surface area (Å²) in [7, 11) is 0. The van der Waals surface area contributed by atoms with Crippen LogP contribution in [0.15, 0.2) is 21.2 Å². The van der Waals surface area contributed by atoms with Crippen molar-refractivity contribution in [2.24, 2.45) is 0 Å². The zero-order chi connectivity index (χ0) is 16.3. The van der Waals surface area contributed by atoms with Crippen molar-refractivity contribution in [3.8, 4) is 0 Å². The molecule has 3 amide bonds. The van der Waals surface area contributed by atoms with Gasteiger partial charge in [0.2, 0.25) is 0 Å². The van der Waals surface area contributed by atoms with Crippen molar-refractivity contribution < 1.29 is 18.8 Å². The lowest BCUT2D eigenvalue weighted by Gasteiger charge is -2.34. The van der Waals surface area contributed by atoms with Gasteiger partial charge in [-0.25, -0.2) is 0 Å². The van der Waals surface area contributed by atoms with Crippen LogP contribution in [0.5, 0.6) is 0 Å². The molecule has 2 rings (SSSR count). The predicted octanol–water partition coefficient (Wildman–Crippen LogP) is 0.851. The minimum absolute atomic E-state index is 0.0864. The molecular weight excluding hydrogens is 354 g/mol. The number of hydrogen-bond acceptors (Lipinski definition) is 4. The van der Waals surface area contributed by atoms with Crippen LogP contribution in [0.25, 0.3) is 0 Å². The van der Waals surface area contributed by atoms with Crippen LogP contribution in [0.4, 0.5) is 0 Å². The van der Waals surface area contributed by atoms with E-state index in [1.807, 2.05) is 0 Å². The number of piperazine rings is 1. The number of halogens is 1. The van der Waals surface area contributed by atoms with Crippen molar-refractivity contribution >= 4 is 33.7 Å². The molecule has 0 saturated carbocycles. The van der Waals surface area contributed by atoms with E-state index in [1.54, 1.807) is 30.9 Å². The fourth-order valence-electron chi connectivity index (χ4n) is 2.17. The molecule has 0 aliphatic carbocycles. The Bertz CT molecular complexity index is 576. The van der Waals surface area contributed by atoms with Crippen LogP contribution < -0.4 is 5.32 Å². The second kappa shape index (κ2) is 6.95. The summed E-state index contributed by atoms with van der Waals surface area (Å²) in [6.45, 7) is 5.00. The quantitative estimate of drug-likeness (QED) is 0.781. The molecule has 0 atom stereocenters. The number of carbonyl (C=O) groups is 3. The Kier molecular flexibility index (Phi) is 5.23. The van der Waals surface area contributed by atoms with E-state index >= 15 is 0 Å². The number of rotatable bonds is 2. The average Bonchev–Trinajstić information content (AvgIpc) is 2.91. The third-order valence-electron chi connectivity index (χ3n) is 3.25. The molecule has 0 radical (unpaired) electrons. The summed E-state index contributed by atoms with van der Waals surface area (Å²) in [5.41, 5.74) is 0. The number of furan rings is 1. The lowest BCUT2D eigenvalue weighted by molar-refractivity contribution is -0.147. The molecule has 1 N–H and O–H groups in total. The Balaban J connectivity index is 1.89. The van der Waals surface area contributed by atoms with Gasteiger partial charge in [0.1, 0.15) is 0 Å². The highest BCUT2D eigenvalue weighted by atomic mass is 79.9. The molecule has 1 aliphatic heterocycles. The van der Waals surface area contributed by atoms with E-state index in [1.165, 1.54) is 4.90 Å². The lowest BCUT2D eigenvalue weighted by Crippen LogP contribution is -2.54. The Labute approximate surface area is 136 Å². The van der Waals surface area contributed by atoms with E-state index in [2.05, 4.69) is 21.2 Å². The minimum Gasteiger partial charge on any atom is -0.444 e. The van der Waals surface area contributed by atoms with Crippen LogP contribution in [0.2, 0.25) is 0 Å². The summed E-state index contributed by atoms with van der Waals surface area (Å²) in [5.74, 6) is -1.13. The standard InChI is InChI=1S/C14H18BrN3O4/c1-9(2)16-12(19)14(21)18-7-5-17(6-8-18)13(20)10-3-4-11(15)22-10/h3-4,9H,5-8H2,1-2H3,(H,16,19). The maximum atomic E-state index is 12.2. The van der Waals surface area contributed by atoms with Gasteiger partial charge in [-0.05, 0) is 41.9 Å². The first-order valence-electron chi connectivity index (χ1n) is 7.03. The number of amides is 3. The first-order chi connectivity index (χ1) is 10.4. The molecule has 1 aromatic heterocycles. The lowest BCUT2D eigenvalue weighted by atomic mass is 10.2. The Morgan fingerprint density at radius 3 is 2.23 bits per heavy atom. The number of nitrogens with zero attached hydrogens (tertiary/aromatic N) is 2. The molecule has 7 nitrogen and oxygen atoms in total. The maximum absolute atomic E-state index is 12.2. The van der Waals surface area contributed by atoms with E-state index < -0.39 is 11.8 Å². The highest BCUT2D eigenvalue weighted by Crippen LogP contribution is 2.16. The van der Waals surface area contributed by atoms with Crippen molar-refractivity contribution in [3.63, 3.8) is 0 Å². The molecule has 120 valence electrons. The Morgan fingerprint density at radius 1 is 1.14 bits per heavy atom. The van der Waals surface area contributed by atoms with Gasteiger partial charge in [-0.15, -0.1) is 0 Å².